The van der Waals surface area contributed by atoms with Crippen LogP contribution >= 0.6 is 0 Å². The molecule has 0 bridgehead atoms. The Morgan fingerprint density at radius 3 is 2.80 bits per heavy atom. The van der Waals surface area contributed by atoms with Crippen molar-refractivity contribution in [2.75, 3.05) is 13.1 Å². The van der Waals surface area contributed by atoms with E-state index in [1.165, 1.54) is 6.92 Å². The Hall–Kier alpha value is -2.63. The van der Waals surface area contributed by atoms with Crippen molar-refractivity contribution >= 4 is 11.8 Å². The SMILES string of the molecule is CC(=O)N[C@@H](CC(=O)N1CCC[C@H](c2ccn[nH]2)C1)c1ccccc1. The van der Waals surface area contributed by atoms with E-state index in [9.17, 15) is 9.59 Å². The highest BCUT2D eigenvalue weighted by Crippen LogP contribution is 2.27. The molecule has 1 aromatic carbocycles. The van der Waals surface area contributed by atoms with Gasteiger partial charge in [-0.25, -0.2) is 0 Å². The van der Waals surface area contributed by atoms with Gasteiger partial charge in [-0.05, 0) is 24.5 Å². The fourth-order valence-corrected chi connectivity index (χ4v) is 3.44. The van der Waals surface area contributed by atoms with Gasteiger partial charge in [-0.1, -0.05) is 30.3 Å². The third-order valence-corrected chi connectivity index (χ3v) is 4.69. The predicted octanol–water partition coefficient (Wildman–Crippen LogP) is 2.38. The lowest BCUT2D eigenvalue weighted by atomic mass is 9.94. The zero-order valence-corrected chi connectivity index (χ0v) is 14.4. The molecule has 2 amide bonds. The summed E-state index contributed by atoms with van der Waals surface area (Å²) in [6.07, 6.45) is 4.06. The minimum atomic E-state index is -0.293. The highest BCUT2D eigenvalue weighted by molar-refractivity contribution is 5.79. The van der Waals surface area contributed by atoms with Gasteiger partial charge in [0.05, 0.1) is 12.5 Å². The highest BCUT2D eigenvalue weighted by atomic mass is 16.2. The van der Waals surface area contributed by atoms with Crippen molar-refractivity contribution in [3.8, 4) is 0 Å². The molecule has 2 atom stereocenters. The molecule has 0 aliphatic carbocycles. The van der Waals surface area contributed by atoms with Gasteiger partial charge in [-0.3, -0.25) is 14.7 Å². The van der Waals surface area contributed by atoms with Crippen LogP contribution in [-0.2, 0) is 9.59 Å². The van der Waals surface area contributed by atoms with E-state index in [-0.39, 0.29) is 24.3 Å². The third kappa shape index (κ3) is 4.47. The van der Waals surface area contributed by atoms with Crippen LogP contribution in [0.25, 0.3) is 0 Å². The predicted molar refractivity (Wildman–Crippen MR) is 94.8 cm³/mol. The van der Waals surface area contributed by atoms with Crippen LogP contribution < -0.4 is 5.32 Å². The van der Waals surface area contributed by atoms with Crippen molar-refractivity contribution in [1.29, 1.82) is 0 Å². The summed E-state index contributed by atoms with van der Waals surface area (Å²) in [5.74, 6) is 0.249. The first kappa shape index (κ1) is 17.2. The van der Waals surface area contributed by atoms with Crippen molar-refractivity contribution in [3.63, 3.8) is 0 Å². The second-order valence-corrected chi connectivity index (χ2v) is 6.56. The Labute approximate surface area is 147 Å². The molecule has 0 saturated carbocycles. The van der Waals surface area contributed by atoms with Gasteiger partial charge < -0.3 is 10.2 Å². The minimum Gasteiger partial charge on any atom is -0.349 e. The van der Waals surface area contributed by atoms with Gasteiger partial charge >= 0.3 is 0 Å². The zero-order chi connectivity index (χ0) is 17.6. The molecule has 1 aliphatic rings. The number of rotatable bonds is 5. The number of hydrogen-bond donors (Lipinski definition) is 2. The maximum atomic E-state index is 12.8. The molecule has 1 saturated heterocycles. The van der Waals surface area contributed by atoms with E-state index < -0.39 is 0 Å². The lowest BCUT2D eigenvalue weighted by molar-refractivity contribution is -0.133. The Bertz CT molecular complexity index is 699. The molecule has 0 radical (unpaired) electrons. The van der Waals surface area contributed by atoms with Crippen LogP contribution in [0, 0.1) is 0 Å². The van der Waals surface area contributed by atoms with E-state index >= 15 is 0 Å². The summed E-state index contributed by atoms with van der Waals surface area (Å²) >= 11 is 0. The summed E-state index contributed by atoms with van der Waals surface area (Å²) < 4.78 is 0. The molecule has 25 heavy (non-hydrogen) atoms. The maximum Gasteiger partial charge on any atom is 0.225 e. The van der Waals surface area contributed by atoms with Gasteiger partial charge in [0, 0.05) is 37.8 Å². The van der Waals surface area contributed by atoms with Crippen LogP contribution in [-0.4, -0.2) is 40.0 Å². The van der Waals surface area contributed by atoms with Crippen LogP contribution in [0.4, 0.5) is 0 Å². The number of hydrogen-bond acceptors (Lipinski definition) is 3. The molecule has 6 nitrogen and oxygen atoms in total. The summed E-state index contributed by atoms with van der Waals surface area (Å²) in [6, 6.07) is 11.3. The molecule has 2 heterocycles. The number of nitrogens with zero attached hydrogens (tertiary/aromatic N) is 2. The van der Waals surface area contributed by atoms with E-state index in [4.69, 9.17) is 0 Å². The van der Waals surface area contributed by atoms with Gasteiger partial charge in [0.1, 0.15) is 0 Å². The lowest BCUT2D eigenvalue weighted by Gasteiger charge is -2.33. The lowest BCUT2D eigenvalue weighted by Crippen LogP contribution is -2.41. The van der Waals surface area contributed by atoms with Crippen molar-refractivity contribution in [2.24, 2.45) is 0 Å². The molecule has 2 aromatic rings. The highest BCUT2D eigenvalue weighted by Gasteiger charge is 2.27. The molecule has 132 valence electrons. The van der Waals surface area contributed by atoms with Crippen LogP contribution in [0.1, 0.15) is 49.4 Å². The Balaban J connectivity index is 1.67. The summed E-state index contributed by atoms with van der Waals surface area (Å²) in [5.41, 5.74) is 2.03. The number of likely N-dealkylation sites (tertiary alicyclic amines) is 1. The van der Waals surface area contributed by atoms with Gasteiger partial charge in [0.15, 0.2) is 0 Å². The Kier molecular flexibility index (Phi) is 5.48. The van der Waals surface area contributed by atoms with Crippen LogP contribution in [0.15, 0.2) is 42.6 Å². The maximum absolute atomic E-state index is 12.8. The smallest absolute Gasteiger partial charge is 0.225 e. The second kappa shape index (κ2) is 7.96. The Morgan fingerprint density at radius 2 is 2.12 bits per heavy atom. The van der Waals surface area contributed by atoms with Gasteiger partial charge in [0.2, 0.25) is 11.8 Å². The molecule has 1 fully saturated rings. The fourth-order valence-electron chi connectivity index (χ4n) is 3.44. The monoisotopic (exact) mass is 340 g/mol. The largest absolute Gasteiger partial charge is 0.349 e. The number of H-pyrrole nitrogens is 1. The van der Waals surface area contributed by atoms with Crippen LogP contribution in [0.2, 0.25) is 0 Å². The van der Waals surface area contributed by atoms with Gasteiger partial charge in [-0.2, -0.15) is 5.10 Å². The number of benzene rings is 1. The van der Waals surface area contributed by atoms with E-state index in [0.29, 0.717) is 12.5 Å². The fraction of sp³-hybridized carbons (Fsp3) is 0.421. The summed E-state index contributed by atoms with van der Waals surface area (Å²) in [6.45, 7) is 2.95. The molecule has 3 rings (SSSR count). The normalized spacial score (nSPS) is 18.6. The summed E-state index contributed by atoms with van der Waals surface area (Å²) in [4.78, 5) is 26.3. The van der Waals surface area contributed by atoms with Crippen molar-refractivity contribution in [2.45, 2.75) is 38.1 Å². The van der Waals surface area contributed by atoms with Crippen molar-refractivity contribution < 1.29 is 9.59 Å². The minimum absolute atomic E-state index is 0.0758. The molecule has 1 aliphatic heterocycles. The average molecular weight is 340 g/mol. The second-order valence-electron chi connectivity index (χ2n) is 6.56. The molecular weight excluding hydrogens is 316 g/mol. The first-order valence-corrected chi connectivity index (χ1v) is 8.72. The summed E-state index contributed by atoms with van der Waals surface area (Å²) in [5, 5.41) is 9.93. The van der Waals surface area contributed by atoms with Gasteiger partial charge in [0.25, 0.3) is 0 Å². The Morgan fingerprint density at radius 1 is 1.32 bits per heavy atom. The van der Waals surface area contributed by atoms with Crippen LogP contribution in [0.3, 0.4) is 0 Å². The van der Waals surface area contributed by atoms with E-state index in [1.54, 1.807) is 6.20 Å². The van der Waals surface area contributed by atoms with E-state index in [1.807, 2.05) is 41.3 Å². The summed E-state index contributed by atoms with van der Waals surface area (Å²) in [7, 11) is 0. The number of amides is 2. The first-order valence-electron chi connectivity index (χ1n) is 8.72. The number of carbonyl (C=O) groups is 2. The standard InChI is InChI=1S/C19H24N4O2/c1-14(24)21-18(15-6-3-2-4-7-15)12-19(25)23-11-5-8-16(13-23)17-9-10-20-22-17/h2-4,6-7,9-10,16,18H,5,8,11-13H2,1H3,(H,20,22)(H,21,24)/t16-,18-/m0/s1. The molecule has 1 aromatic heterocycles. The third-order valence-electron chi connectivity index (χ3n) is 4.69. The molecule has 6 heteroatoms. The van der Waals surface area contributed by atoms with E-state index in [2.05, 4.69) is 15.5 Å². The quantitative estimate of drug-likeness (QED) is 0.877. The van der Waals surface area contributed by atoms with Crippen molar-refractivity contribution in [3.05, 3.63) is 53.9 Å². The zero-order valence-electron chi connectivity index (χ0n) is 14.4. The number of piperidine rings is 1. The topological polar surface area (TPSA) is 78.1 Å². The first-order chi connectivity index (χ1) is 12.1. The number of nitrogens with one attached hydrogen (secondary N) is 2. The van der Waals surface area contributed by atoms with Gasteiger partial charge in [-0.15, -0.1) is 0 Å². The molecular formula is C19H24N4O2. The number of carbonyl (C=O) groups excluding carboxylic acids is 2. The molecule has 0 spiro atoms. The van der Waals surface area contributed by atoms with Crippen molar-refractivity contribution in [1.82, 2.24) is 20.4 Å². The number of aromatic nitrogens is 2. The average Bonchev–Trinajstić information content (AvgIpc) is 3.16. The van der Waals surface area contributed by atoms with E-state index in [0.717, 1.165) is 30.6 Å². The number of aromatic amines is 1. The molecule has 2 N–H and O–H groups in total. The molecule has 0 unspecified atom stereocenters. The van der Waals surface area contributed by atoms with Crippen LogP contribution in [0.5, 0.6) is 0 Å².